The fourth-order valence-corrected chi connectivity index (χ4v) is 1.69. The highest BCUT2D eigenvalue weighted by molar-refractivity contribution is 5.25. The Labute approximate surface area is 99.3 Å². The highest BCUT2D eigenvalue weighted by Gasteiger charge is 2.29. The molecule has 1 aromatic carbocycles. The summed E-state index contributed by atoms with van der Waals surface area (Å²) >= 11 is 0. The van der Waals surface area contributed by atoms with Gasteiger partial charge >= 0.3 is 6.18 Å². The lowest BCUT2D eigenvalue weighted by Gasteiger charge is -2.24. The van der Waals surface area contributed by atoms with Crippen molar-refractivity contribution in [3.8, 4) is 0 Å². The van der Waals surface area contributed by atoms with Crippen molar-refractivity contribution in [1.29, 1.82) is 0 Å². The van der Waals surface area contributed by atoms with Crippen LogP contribution in [0.3, 0.4) is 0 Å². The number of halogens is 3. The Balaban J connectivity index is 2.59. The molecule has 0 heterocycles. The summed E-state index contributed by atoms with van der Waals surface area (Å²) in [4.78, 5) is 0. The van der Waals surface area contributed by atoms with Gasteiger partial charge in [0, 0.05) is 6.42 Å². The van der Waals surface area contributed by atoms with Crippen molar-refractivity contribution in [3.05, 3.63) is 35.4 Å². The van der Waals surface area contributed by atoms with Gasteiger partial charge in [0.2, 0.25) is 0 Å². The van der Waals surface area contributed by atoms with Gasteiger partial charge < -0.3 is 5.11 Å². The van der Waals surface area contributed by atoms with Crippen molar-refractivity contribution in [3.63, 3.8) is 0 Å². The average molecular weight is 246 g/mol. The molecule has 1 N–H and O–H groups in total. The standard InChI is InChI=1S/C13H17F3O/c1-10-4-6-11(7-5-10)12(2,17)8-3-9-13(14,15)16/h4-7,17H,3,8-9H2,1-2H3. The summed E-state index contributed by atoms with van der Waals surface area (Å²) < 4.78 is 36.0. The zero-order valence-electron chi connectivity index (χ0n) is 10.0. The summed E-state index contributed by atoms with van der Waals surface area (Å²) in [5.41, 5.74) is 0.518. The maximum atomic E-state index is 12.0. The van der Waals surface area contributed by atoms with E-state index in [-0.39, 0.29) is 12.8 Å². The maximum absolute atomic E-state index is 12.0. The largest absolute Gasteiger partial charge is 0.389 e. The van der Waals surface area contributed by atoms with Crippen molar-refractivity contribution < 1.29 is 18.3 Å². The van der Waals surface area contributed by atoms with Crippen LogP contribution in [0.2, 0.25) is 0 Å². The van der Waals surface area contributed by atoms with Crippen LogP contribution in [0.15, 0.2) is 24.3 Å². The molecule has 0 aliphatic heterocycles. The second-order valence-corrected chi connectivity index (χ2v) is 4.61. The molecule has 0 bridgehead atoms. The first-order chi connectivity index (χ1) is 7.71. The molecule has 0 saturated heterocycles. The molecule has 0 radical (unpaired) electrons. The molecule has 0 spiro atoms. The normalized spacial score (nSPS) is 15.6. The number of hydrogen-bond donors (Lipinski definition) is 1. The first-order valence-electron chi connectivity index (χ1n) is 5.57. The molecular formula is C13H17F3O. The molecule has 1 rings (SSSR count). The van der Waals surface area contributed by atoms with Crippen LogP contribution in [0.4, 0.5) is 13.2 Å². The first-order valence-corrected chi connectivity index (χ1v) is 5.57. The van der Waals surface area contributed by atoms with Crippen LogP contribution in [0, 0.1) is 6.92 Å². The molecule has 0 aliphatic rings. The lowest BCUT2D eigenvalue weighted by Crippen LogP contribution is -2.22. The van der Waals surface area contributed by atoms with E-state index < -0.39 is 18.2 Å². The van der Waals surface area contributed by atoms with E-state index in [0.717, 1.165) is 5.56 Å². The SMILES string of the molecule is Cc1ccc(C(C)(O)CCCC(F)(F)F)cc1. The predicted octanol–water partition coefficient (Wildman–Crippen LogP) is 3.94. The Morgan fingerprint density at radius 1 is 1.06 bits per heavy atom. The zero-order chi connectivity index (χ0) is 13.1. The Bertz CT molecular complexity index is 352. The van der Waals surface area contributed by atoms with E-state index >= 15 is 0 Å². The van der Waals surface area contributed by atoms with E-state index in [1.54, 1.807) is 19.1 Å². The maximum Gasteiger partial charge on any atom is 0.389 e. The molecule has 0 fully saturated rings. The van der Waals surface area contributed by atoms with Gasteiger partial charge in [0.15, 0.2) is 0 Å². The van der Waals surface area contributed by atoms with E-state index in [4.69, 9.17) is 0 Å². The van der Waals surface area contributed by atoms with Crippen molar-refractivity contribution in [2.75, 3.05) is 0 Å². The molecular weight excluding hydrogens is 229 g/mol. The molecule has 0 saturated carbocycles. The van der Waals surface area contributed by atoms with E-state index in [1.807, 2.05) is 19.1 Å². The predicted molar refractivity (Wildman–Crippen MR) is 60.7 cm³/mol. The van der Waals surface area contributed by atoms with Crippen LogP contribution in [0.25, 0.3) is 0 Å². The van der Waals surface area contributed by atoms with E-state index in [2.05, 4.69) is 0 Å². The zero-order valence-corrected chi connectivity index (χ0v) is 10.0. The lowest BCUT2D eigenvalue weighted by molar-refractivity contribution is -0.137. The molecule has 17 heavy (non-hydrogen) atoms. The van der Waals surface area contributed by atoms with Gasteiger partial charge in [0.05, 0.1) is 5.60 Å². The van der Waals surface area contributed by atoms with E-state index in [1.165, 1.54) is 0 Å². The van der Waals surface area contributed by atoms with Gasteiger partial charge in [0.25, 0.3) is 0 Å². The van der Waals surface area contributed by atoms with Gasteiger partial charge in [-0.15, -0.1) is 0 Å². The smallest absolute Gasteiger partial charge is 0.385 e. The quantitative estimate of drug-likeness (QED) is 0.853. The summed E-state index contributed by atoms with van der Waals surface area (Å²) in [6.45, 7) is 3.47. The van der Waals surface area contributed by atoms with Crippen LogP contribution in [-0.4, -0.2) is 11.3 Å². The number of aryl methyl sites for hydroxylation is 1. The van der Waals surface area contributed by atoms with E-state index in [0.29, 0.717) is 5.56 Å². The van der Waals surface area contributed by atoms with Crippen LogP contribution in [0.5, 0.6) is 0 Å². The highest BCUT2D eigenvalue weighted by atomic mass is 19.4. The van der Waals surface area contributed by atoms with Crippen molar-refractivity contribution >= 4 is 0 Å². The molecule has 96 valence electrons. The number of rotatable bonds is 4. The molecule has 4 heteroatoms. The monoisotopic (exact) mass is 246 g/mol. The molecule has 1 atom stereocenters. The van der Waals surface area contributed by atoms with Crippen LogP contribution >= 0.6 is 0 Å². The topological polar surface area (TPSA) is 20.2 Å². The molecule has 0 aromatic heterocycles. The fourth-order valence-electron chi connectivity index (χ4n) is 1.69. The Morgan fingerprint density at radius 3 is 2.06 bits per heavy atom. The third kappa shape index (κ3) is 4.77. The first kappa shape index (κ1) is 14.0. The fraction of sp³-hybridized carbons (Fsp3) is 0.538. The molecule has 1 unspecified atom stereocenters. The minimum Gasteiger partial charge on any atom is -0.385 e. The van der Waals surface area contributed by atoms with Gasteiger partial charge in [0.1, 0.15) is 0 Å². The Morgan fingerprint density at radius 2 is 1.59 bits per heavy atom. The molecule has 0 amide bonds. The second kappa shape index (κ2) is 5.08. The highest BCUT2D eigenvalue weighted by Crippen LogP contribution is 2.30. The van der Waals surface area contributed by atoms with Crippen molar-refractivity contribution in [2.45, 2.75) is 44.9 Å². The second-order valence-electron chi connectivity index (χ2n) is 4.61. The van der Waals surface area contributed by atoms with Crippen molar-refractivity contribution in [2.24, 2.45) is 0 Å². The van der Waals surface area contributed by atoms with Crippen LogP contribution in [-0.2, 0) is 5.60 Å². The Hall–Kier alpha value is -1.03. The van der Waals surface area contributed by atoms with Gasteiger partial charge in [-0.3, -0.25) is 0 Å². The van der Waals surface area contributed by atoms with E-state index in [9.17, 15) is 18.3 Å². The number of hydrogen-bond acceptors (Lipinski definition) is 1. The lowest BCUT2D eigenvalue weighted by atomic mass is 9.90. The summed E-state index contributed by atoms with van der Waals surface area (Å²) in [5, 5.41) is 10.1. The average Bonchev–Trinajstić information content (AvgIpc) is 2.15. The van der Waals surface area contributed by atoms with Crippen LogP contribution < -0.4 is 0 Å². The Kier molecular flexibility index (Phi) is 4.20. The third-order valence-corrected chi connectivity index (χ3v) is 2.80. The molecule has 1 nitrogen and oxygen atoms in total. The summed E-state index contributed by atoms with van der Waals surface area (Å²) in [6.07, 6.45) is -4.96. The van der Waals surface area contributed by atoms with Gasteiger partial charge in [-0.2, -0.15) is 13.2 Å². The van der Waals surface area contributed by atoms with Crippen molar-refractivity contribution in [1.82, 2.24) is 0 Å². The number of aliphatic hydroxyl groups is 1. The summed E-state index contributed by atoms with van der Waals surface area (Å²) in [7, 11) is 0. The van der Waals surface area contributed by atoms with Gasteiger partial charge in [-0.05, 0) is 32.3 Å². The minimum absolute atomic E-state index is 0.0651. The minimum atomic E-state index is -4.15. The van der Waals surface area contributed by atoms with Crippen LogP contribution in [0.1, 0.15) is 37.3 Å². The van der Waals surface area contributed by atoms with Gasteiger partial charge in [-0.1, -0.05) is 29.8 Å². The molecule has 0 aliphatic carbocycles. The third-order valence-electron chi connectivity index (χ3n) is 2.80. The summed E-state index contributed by atoms with van der Waals surface area (Å²) in [6, 6.07) is 7.19. The summed E-state index contributed by atoms with van der Waals surface area (Å²) in [5.74, 6) is 0. The number of benzene rings is 1. The number of alkyl halides is 3. The van der Waals surface area contributed by atoms with Gasteiger partial charge in [-0.25, -0.2) is 0 Å². The molecule has 1 aromatic rings.